The highest BCUT2D eigenvalue weighted by Gasteiger charge is 2.21. The number of hydrogen-bond acceptors (Lipinski definition) is 6. The number of thioether (sulfide) groups is 1. The Morgan fingerprint density at radius 3 is 2.44 bits per heavy atom. The Balaban J connectivity index is 1.48. The molecule has 4 aromatic rings. The topological polar surface area (TPSA) is 84.2 Å². The second-order valence-corrected chi connectivity index (χ2v) is 9.61. The van der Waals surface area contributed by atoms with Gasteiger partial charge in [0.1, 0.15) is 5.82 Å². The number of carbonyl (C=O) groups excluding carboxylic acids is 1. The lowest BCUT2D eigenvalue weighted by Gasteiger charge is -2.13. The van der Waals surface area contributed by atoms with E-state index in [4.69, 9.17) is 11.6 Å². The molecular formula is C26H24ClFN6OS. The van der Waals surface area contributed by atoms with Crippen LogP contribution in [0.2, 0.25) is 5.02 Å². The molecular weight excluding hydrogens is 499 g/mol. The summed E-state index contributed by atoms with van der Waals surface area (Å²) in [4.78, 5) is 12.8. The van der Waals surface area contributed by atoms with Gasteiger partial charge in [0.05, 0.1) is 17.5 Å². The molecule has 3 aromatic carbocycles. The van der Waals surface area contributed by atoms with Crippen molar-refractivity contribution in [3.63, 3.8) is 0 Å². The minimum atomic E-state index is -0.501. The minimum absolute atomic E-state index is 0.287. The molecule has 1 aromatic heterocycles. The summed E-state index contributed by atoms with van der Waals surface area (Å²) in [7, 11) is 0. The molecule has 0 aliphatic carbocycles. The highest BCUT2D eigenvalue weighted by Crippen LogP contribution is 2.26. The minimum Gasteiger partial charge on any atom is -0.378 e. The highest BCUT2D eigenvalue weighted by atomic mass is 35.5. The van der Waals surface area contributed by atoms with Crippen LogP contribution in [-0.2, 0) is 11.3 Å². The number of nitrogens with zero attached hydrogens (tertiary/aromatic N) is 4. The smallest absolute Gasteiger partial charge is 0.253 e. The average Bonchev–Trinajstić information content (AvgIpc) is 3.29. The van der Waals surface area contributed by atoms with Gasteiger partial charge in [0.25, 0.3) is 5.91 Å². The molecule has 0 aliphatic rings. The molecule has 36 heavy (non-hydrogen) atoms. The molecule has 1 heterocycles. The number of hydrogen-bond donors (Lipinski definition) is 2. The van der Waals surface area contributed by atoms with Gasteiger partial charge in [-0.3, -0.25) is 9.36 Å². The van der Waals surface area contributed by atoms with Crippen molar-refractivity contribution in [3.8, 4) is 5.69 Å². The van der Waals surface area contributed by atoms with E-state index in [1.54, 1.807) is 26.0 Å². The van der Waals surface area contributed by atoms with Gasteiger partial charge < -0.3 is 5.32 Å². The maximum atomic E-state index is 13.1. The van der Waals surface area contributed by atoms with Crippen molar-refractivity contribution in [3.05, 3.63) is 101 Å². The summed E-state index contributed by atoms with van der Waals surface area (Å²) in [6.45, 7) is 3.95. The van der Waals surface area contributed by atoms with Crippen LogP contribution in [0.5, 0.6) is 0 Å². The van der Waals surface area contributed by atoms with E-state index in [9.17, 15) is 9.18 Å². The number of benzene rings is 3. The van der Waals surface area contributed by atoms with Crippen LogP contribution in [0.3, 0.4) is 0 Å². The fourth-order valence-electron chi connectivity index (χ4n) is 3.27. The normalized spacial score (nSPS) is 12.3. The van der Waals surface area contributed by atoms with Crippen molar-refractivity contribution >= 4 is 40.7 Å². The molecule has 0 saturated carbocycles. The number of hydrazone groups is 1. The van der Waals surface area contributed by atoms with Crippen LogP contribution in [0.1, 0.15) is 25.2 Å². The largest absolute Gasteiger partial charge is 0.378 e. The van der Waals surface area contributed by atoms with Crippen LogP contribution in [0.4, 0.5) is 10.1 Å². The summed E-state index contributed by atoms with van der Waals surface area (Å²) in [5, 5.41) is 17.0. The number of nitrogens with one attached hydrogen (secondary N) is 2. The Kier molecular flexibility index (Phi) is 8.35. The highest BCUT2D eigenvalue weighted by molar-refractivity contribution is 8.00. The van der Waals surface area contributed by atoms with Gasteiger partial charge in [-0.15, -0.1) is 10.2 Å². The van der Waals surface area contributed by atoms with E-state index in [-0.39, 0.29) is 11.7 Å². The molecule has 7 nitrogen and oxygen atoms in total. The Bertz CT molecular complexity index is 1340. The first kappa shape index (κ1) is 25.4. The van der Waals surface area contributed by atoms with Gasteiger partial charge in [0, 0.05) is 16.4 Å². The monoisotopic (exact) mass is 522 g/mol. The standard InChI is InChI=1S/C26H24ClFN6OS/c1-17(19-8-12-21(28)13-9-19)30-32-25(35)18(2)36-26-33-31-24(34(26)23-6-4-3-5-7-23)16-29-22-14-10-20(27)11-15-22/h3-15,18,29H,16H2,1-2H3,(H,32,35)/b30-17-/t18-/m0/s1. The summed E-state index contributed by atoms with van der Waals surface area (Å²) in [5.41, 5.74) is 5.67. The van der Waals surface area contributed by atoms with Crippen molar-refractivity contribution < 1.29 is 9.18 Å². The number of aromatic nitrogens is 3. The van der Waals surface area contributed by atoms with E-state index in [0.29, 0.717) is 28.3 Å². The molecule has 0 saturated heterocycles. The lowest BCUT2D eigenvalue weighted by Crippen LogP contribution is -2.28. The molecule has 0 aliphatic heterocycles. The molecule has 10 heteroatoms. The molecule has 1 atom stereocenters. The van der Waals surface area contributed by atoms with E-state index in [1.165, 1.54) is 23.9 Å². The number of para-hydroxylation sites is 1. The lowest BCUT2D eigenvalue weighted by atomic mass is 10.1. The number of carbonyl (C=O) groups is 1. The third-order valence-electron chi connectivity index (χ3n) is 5.26. The number of halogens is 2. The third kappa shape index (κ3) is 6.50. The zero-order chi connectivity index (χ0) is 25.5. The fraction of sp³-hybridized carbons (Fsp3) is 0.154. The van der Waals surface area contributed by atoms with Gasteiger partial charge in [0.2, 0.25) is 0 Å². The van der Waals surface area contributed by atoms with Crippen LogP contribution in [0, 0.1) is 5.82 Å². The molecule has 0 fully saturated rings. The molecule has 1 amide bonds. The van der Waals surface area contributed by atoms with Crippen molar-refractivity contribution in [2.75, 3.05) is 5.32 Å². The Labute approximate surface area is 217 Å². The van der Waals surface area contributed by atoms with Crippen LogP contribution in [-0.4, -0.2) is 31.6 Å². The fourth-order valence-corrected chi connectivity index (χ4v) is 4.28. The first-order valence-electron chi connectivity index (χ1n) is 11.2. The first-order valence-corrected chi connectivity index (χ1v) is 12.4. The second-order valence-electron chi connectivity index (χ2n) is 7.87. The number of rotatable bonds is 9. The van der Waals surface area contributed by atoms with Gasteiger partial charge >= 0.3 is 0 Å². The number of amides is 1. The molecule has 4 rings (SSSR count). The molecule has 0 radical (unpaired) electrons. The molecule has 2 N–H and O–H groups in total. The first-order chi connectivity index (χ1) is 17.4. The van der Waals surface area contributed by atoms with Crippen molar-refractivity contribution in [2.24, 2.45) is 5.10 Å². The van der Waals surface area contributed by atoms with Crippen LogP contribution >= 0.6 is 23.4 Å². The molecule has 184 valence electrons. The second kappa shape index (κ2) is 11.8. The quantitative estimate of drug-likeness (QED) is 0.167. The third-order valence-corrected chi connectivity index (χ3v) is 6.55. The van der Waals surface area contributed by atoms with Gasteiger partial charge in [-0.05, 0) is 67.9 Å². The molecule has 0 bridgehead atoms. The van der Waals surface area contributed by atoms with E-state index in [1.807, 2.05) is 59.2 Å². The summed E-state index contributed by atoms with van der Waals surface area (Å²) in [5.74, 6) is 0.0761. The summed E-state index contributed by atoms with van der Waals surface area (Å²) < 4.78 is 15.1. The van der Waals surface area contributed by atoms with Crippen molar-refractivity contribution in [1.82, 2.24) is 20.2 Å². The maximum absolute atomic E-state index is 13.1. The van der Waals surface area contributed by atoms with E-state index < -0.39 is 5.25 Å². The average molecular weight is 523 g/mol. The van der Waals surface area contributed by atoms with Crippen LogP contribution in [0.25, 0.3) is 5.69 Å². The zero-order valence-corrected chi connectivity index (χ0v) is 21.2. The molecule has 0 spiro atoms. The van der Waals surface area contributed by atoms with E-state index in [2.05, 4.69) is 26.0 Å². The predicted molar refractivity (Wildman–Crippen MR) is 142 cm³/mol. The Morgan fingerprint density at radius 2 is 1.75 bits per heavy atom. The summed E-state index contributed by atoms with van der Waals surface area (Å²) in [6, 6.07) is 23.1. The summed E-state index contributed by atoms with van der Waals surface area (Å²) >= 11 is 7.26. The van der Waals surface area contributed by atoms with Crippen LogP contribution in [0.15, 0.2) is 89.1 Å². The predicted octanol–water partition coefficient (Wildman–Crippen LogP) is 5.69. The lowest BCUT2D eigenvalue weighted by molar-refractivity contribution is -0.120. The van der Waals surface area contributed by atoms with E-state index in [0.717, 1.165) is 16.9 Å². The zero-order valence-electron chi connectivity index (χ0n) is 19.7. The summed E-state index contributed by atoms with van der Waals surface area (Å²) in [6.07, 6.45) is 0. The van der Waals surface area contributed by atoms with Crippen molar-refractivity contribution in [2.45, 2.75) is 30.8 Å². The van der Waals surface area contributed by atoms with Gasteiger partial charge in [-0.1, -0.05) is 53.7 Å². The number of anilines is 1. The Hall–Kier alpha value is -3.69. The van der Waals surface area contributed by atoms with Gasteiger partial charge in [-0.25, -0.2) is 9.82 Å². The van der Waals surface area contributed by atoms with Crippen molar-refractivity contribution in [1.29, 1.82) is 0 Å². The van der Waals surface area contributed by atoms with Crippen LogP contribution < -0.4 is 10.7 Å². The van der Waals surface area contributed by atoms with Gasteiger partial charge in [-0.2, -0.15) is 5.10 Å². The van der Waals surface area contributed by atoms with E-state index >= 15 is 0 Å². The molecule has 0 unspecified atom stereocenters. The Morgan fingerprint density at radius 1 is 1.06 bits per heavy atom. The maximum Gasteiger partial charge on any atom is 0.253 e. The van der Waals surface area contributed by atoms with Gasteiger partial charge in [0.15, 0.2) is 11.0 Å². The SMILES string of the molecule is C/C(=N/NC(=O)[C@H](C)Sc1nnc(CNc2ccc(Cl)cc2)n1-c1ccccc1)c1ccc(F)cc1.